The molecule has 49 valence electrons. The number of nitrogens with one attached hydrogen (secondary N) is 1. The van der Waals surface area contributed by atoms with Gasteiger partial charge in [-0.05, 0) is 26.0 Å². The molecule has 9 heavy (non-hydrogen) atoms. The zero-order chi connectivity index (χ0) is 6.69. The van der Waals surface area contributed by atoms with E-state index in [1.807, 2.05) is 23.0 Å². The molecule has 0 saturated carbocycles. The van der Waals surface area contributed by atoms with Crippen molar-refractivity contribution >= 4 is 0 Å². The quantitative estimate of drug-likeness (QED) is 0.626. The Morgan fingerprint density at radius 1 is 1.56 bits per heavy atom. The van der Waals surface area contributed by atoms with Gasteiger partial charge in [-0.15, -0.1) is 0 Å². The molecule has 0 atom stereocenters. The Kier molecular flexibility index (Phi) is 1.78. The Morgan fingerprint density at radius 3 is 2.78 bits per heavy atom. The summed E-state index contributed by atoms with van der Waals surface area (Å²) in [5.74, 6) is 0. The highest BCUT2D eigenvalue weighted by Crippen LogP contribution is 1.86. The van der Waals surface area contributed by atoms with E-state index in [2.05, 4.69) is 25.5 Å². The van der Waals surface area contributed by atoms with Gasteiger partial charge in [0.05, 0.1) is 6.20 Å². The van der Waals surface area contributed by atoms with Gasteiger partial charge >= 0.3 is 0 Å². The zero-order valence-corrected chi connectivity index (χ0v) is 5.76. The lowest BCUT2D eigenvalue weighted by molar-refractivity contribution is 0.736. The average Bonchev–Trinajstić information content (AvgIpc) is 2.15. The molecule has 1 heterocycles. The van der Waals surface area contributed by atoms with Crippen LogP contribution in [0.2, 0.25) is 0 Å². The fourth-order valence-electron chi connectivity index (χ4n) is 0.654. The lowest BCUT2D eigenvalue weighted by atomic mass is 10.4. The molecular formula is C7H11N2. The van der Waals surface area contributed by atoms with Crippen LogP contribution in [-0.4, -0.2) is 10.7 Å². The Morgan fingerprint density at radius 2 is 2.33 bits per heavy atom. The fourth-order valence-corrected chi connectivity index (χ4v) is 0.654. The number of nitrogens with zero attached hydrogens (tertiary/aromatic N) is 1. The van der Waals surface area contributed by atoms with Crippen molar-refractivity contribution in [2.45, 2.75) is 19.9 Å². The summed E-state index contributed by atoms with van der Waals surface area (Å²) in [6, 6.07) is 4.28. The van der Waals surface area contributed by atoms with E-state index in [-0.39, 0.29) is 0 Å². The van der Waals surface area contributed by atoms with Crippen molar-refractivity contribution in [1.82, 2.24) is 4.68 Å². The predicted molar refractivity (Wildman–Crippen MR) is 37.8 cm³/mol. The SMILES string of the molecule is CC(C)Nn1[c]ccc1. The van der Waals surface area contributed by atoms with E-state index in [1.165, 1.54) is 0 Å². The third-order valence-electron chi connectivity index (χ3n) is 0.942. The summed E-state index contributed by atoms with van der Waals surface area (Å²) >= 11 is 0. The highest BCUT2D eigenvalue weighted by atomic mass is 15.4. The maximum Gasteiger partial charge on any atom is 0.0876 e. The van der Waals surface area contributed by atoms with E-state index >= 15 is 0 Å². The first kappa shape index (κ1) is 6.20. The summed E-state index contributed by atoms with van der Waals surface area (Å²) in [6.45, 7) is 4.18. The van der Waals surface area contributed by atoms with E-state index < -0.39 is 0 Å². The smallest absolute Gasteiger partial charge is 0.0876 e. The van der Waals surface area contributed by atoms with E-state index in [1.54, 1.807) is 0 Å². The molecule has 1 rings (SSSR count). The first-order valence-electron chi connectivity index (χ1n) is 3.10. The molecule has 0 aromatic carbocycles. The van der Waals surface area contributed by atoms with Crippen LogP contribution in [0.25, 0.3) is 0 Å². The van der Waals surface area contributed by atoms with Gasteiger partial charge in [0.2, 0.25) is 0 Å². The summed E-state index contributed by atoms with van der Waals surface area (Å²) in [5, 5.41) is 0. The normalized spacial score (nSPS) is 10.1. The van der Waals surface area contributed by atoms with Gasteiger partial charge in [0, 0.05) is 12.2 Å². The summed E-state index contributed by atoms with van der Waals surface area (Å²) in [5.41, 5.74) is 3.15. The Balaban J connectivity index is 2.48. The Hall–Kier alpha value is -0.920. The van der Waals surface area contributed by atoms with Crippen LogP contribution in [0.1, 0.15) is 13.8 Å². The van der Waals surface area contributed by atoms with Crippen LogP contribution in [0.4, 0.5) is 0 Å². The molecule has 0 aliphatic heterocycles. The largest absolute Gasteiger partial charge is 0.323 e. The molecule has 1 aromatic heterocycles. The van der Waals surface area contributed by atoms with Gasteiger partial charge in [0.25, 0.3) is 0 Å². The van der Waals surface area contributed by atoms with Gasteiger partial charge in [-0.1, -0.05) is 0 Å². The summed E-state index contributed by atoms with van der Waals surface area (Å²) in [7, 11) is 0. The third-order valence-corrected chi connectivity index (χ3v) is 0.942. The first-order valence-corrected chi connectivity index (χ1v) is 3.10. The molecule has 0 saturated heterocycles. The highest BCUT2D eigenvalue weighted by molar-refractivity contribution is 4.92. The lowest BCUT2D eigenvalue weighted by Gasteiger charge is -2.09. The van der Waals surface area contributed by atoms with Crippen LogP contribution in [-0.2, 0) is 0 Å². The van der Waals surface area contributed by atoms with E-state index in [0.29, 0.717) is 6.04 Å². The van der Waals surface area contributed by atoms with Crippen LogP contribution in [0, 0.1) is 6.20 Å². The standard InChI is InChI=1S/C7H11N2/c1-7(2)8-9-5-3-4-6-9/h3-5,7-8H,1-2H3. The lowest BCUT2D eigenvalue weighted by Crippen LogP contribution is -2.20. The minimum absolute atomic E-state index is 0.466. The van der Waals surface area contributed by atoms with Crippen LogP contribution in [0.5, 0.6) is 0 Å². The molecular weight excluding hydrogens is 112 g/mol. The van der Waals surface area contributed by atoms with Gasteiger partial charge in [-0.25, -0.2) is 0 Å². The molecule has 0 aliphatic carbocycles. The van der Waals surface area contributed by atoms with Gasteiger partial charge in [0.15, 0.2) is 0 Å². The molecule has 2 heteroatoms. The molecule has 0 fully saturated rings. The average molecular weight is 123 g/mol. The van der Waals surface area contributed by atoms with Crippen LogP contribution in [0.15, 0.2) is 18.3 Å². The minimum atomic E-state index is 0.466. The molecule has 0 spiro atoms. The van der Waals surface area contributed by atoms with E-state index in [4.69, 9.17) is 0 Å². The highest BCUT2D eigenvalue weighted by Gasteiger charge is 1.88. The minimum Gasteiger partial charge on any atom is -0.323 e. The van der Waals surface area contributed by atoms with Crippen molar-refractivity contribution in [3.8, 4) is 0 Å². The first-order chi connectivity index (χ1) is 4.29. The van der Waals surface area contributed by atoms with Gasteiger partial charge in [-0.3, -0.25) is 4.68 Å². The molecule has 0 unspecified atom stereocenters. The molecule has 0 aliphatic rings. The van der Waals surface area contributed by atoms with Crippen LogP contribution in [0.3, 0.4) is 0 Å². The Labute approximate surface area is 55.5 Å². The number of hydrogen-bond donors (Lipinski definition) is 1. The van der Waals surface area contributed by atoms with Crippen molar-refractivity contribution in [2.24, 2.45) is 0 Å². The van der Waals surface area contributed by atoms with Gasteiger partial charge in [-0.2, -0.15) is 0 Å². The molecule has 0 bridgehead atoms. The summed E-state index contributed by atoms with van der Waals surface area (Å²) < 4.78 is 1.82. The monoisotopic (exact) mass is 123 g/mol. The molecule has 1 radical (unpaired) electrons. The second kappa shape index (κ2) is 2.58. The van der Waals surface area contributed by atoms with Gasteiger partial charge in [0.1, 0.15) is 0 Å². The molecule has 0 amide bonds. The van der Waals surface area contributed by atoms with Gasteiger partial charge < -0.3 is 5.43 Å². The van der Waals surface area contributed by atoms with Crippen molar-refractivity contribution in [1.29, 1.82) is 0 Å². The number of aromatic nitrogens is 1. The molecule has 1 N–H and O–H groups in total. The molecule has 2 nitrogen and oxygen atoms in total. The van der Waals surface area contributed by atoms with Crippen LogP contribution >= 0.6 is 0 Å². The maximum absolute atomic E-state index is 3.15. The zero-order valence-electron chi connectivity index (χ0n) is 5.76. The molecule has 1 aromatic rings. The Bertz CT molecular complexity index is 153. The summed E-state index contributed by atoms with van der Waals surface area (Å²) in [4.78, 5) is 0. The number of hydrogen-bond acceptors (Lipinski definition) is 1. The van der Waals surface area contributed by atoms with Crippen LogP contribution < -0.4 is 5.43 Å². The summed E-state index contributed by atoms with van der Waals surface area (Å²) in [6.07, 6.45) is 4.90. The second-order valence-corrected chi connectivity index (χ2v) is 2.29. The van der Waals surface area contributed by atoms with Crippen molar-refractivity contribution in [2.75, 3.05) is 5.43 Å². The number of rotatable bonds is 2. The third kappa shape index (κ3) is 1.80. The second-order valence-electron chi connectivity index (χ2n) is 2.29. The maximum atomic E-state index is 3.15. The van der Waals surface area contributed by atoms with E-state index in [9.17, 15) is 0 Å². The predicted octanol–water partition coefficient (Wildman–Crippen LogP) is 1.24. The van der Waals surface area contributed by atoms with E-state index in [0.717, 1.165) is 0 Å². The van der Waals surface area contributed by atoms with Crippen molar-refractivity contribution < 1.29 is 0 Å². The fraction of sp³-hybridized carbons (Fsp3) is 0.429. The van der Waals surface area contributed by atoms with Crippen molar-refractivity contribution in [3.05, 3.63) is 24.5 Å². The van der Waals surface area contributed by atoms with Crippen molar-refractivity contribution in [3.63, 3.8) is 0 Å². The topological polar surface area (TPSA) is 17.0 Å².